The summed E-state index contributed by atoms with van der Waals surface area (Å²) in [5.41, 5.74) is -0.877. The molecule has 1 aliphatic rings. The quantitative estimate of drug-likeness (QED) is 0.854. The summed E-state index contributed by atoms with van der Waals surface area (Å²) in [4.78, 5) is 24.5. The number of hydrogen-bond donors (Lipinski definition) is 0. The topological polar surface area (TPSA) is 46.6 Å². The van der Waals surface area contributed by atoms with Gasteiger partial charge in [0.15, 0.2) is 11.5 Å². The average Bonchev–Trinajstić information content (AvgIpc) is 2.46. The highest BCUT2D eigenvalue weighted by Crippen LogP contribution is 2.27. The Bertz CT molecular complexity index is 481. The van der Waals surface area contributed by atoms with Gasteiger partial charge in [-0.15, -0.1) is 0 Å². The van der Waals surface area contributed by atoms with E-state index in [0.29, 0.717) is 0 Å². The molecular weight excluding hydrogens is 261 g/mol. The number of benzene rings is 1. The van der Waals surface area contributed by atoms with E-state index in [-0.39, 0.29) is 32.5 Å². The number of halogens is 1. The zero-order valence-electron chi connectivity index (χ0n) is 11.5. The molecule has 20 heavy (non-hydrogen) atoms. The van der Waals surface area contributed by atoms with E-state index < -0.39 is 17.5 Å². The first-order chi connectivity index (χ1) is 9.51. The Morgan fingerprint density at radius 1 is 1.25 bits per heavy atom. The highest BCUT2D eigenvalue weighted by Gasteiger charge is 2.40. The van der Waals surface area contributed by atoms with Gasteiger partial charge in [0.05, 0.1) is 0 Å². The SMILES string of the molecule is CC(=O)C1(F)CCN(C(=O)OCc2ccccc2)CC1. The van der Waals surface area contributed by atoms with Gasteiger partial charge < -0.3 is 9.64 Å². The van der Waals surface area contributed by atoms with Gasteiger partial charge in [-0.1, -0.05) is 30.3 Å². The van der Waals surface area contributed by atoms with E-state index in [1.807, 2.05) is 30.3 Å². The second-order valence-electron chi connectivity index (χ2n) is 5.05. The summed E-state index contributed by atoms with van der Waals surface area (Å²) in [5, 5.41) is 0. The molecule has 1 amide bonds. The zero-order valence-corrected chi connectivity index (χ0v) is 11.5. The number of nitrogens with zero attached hydrogens (tertiary/aromatic N) is 1. The molecule has 4 nitrogen and oxygen atoms in total. The van der Waals surface area contributed by atoms with Gasteiger partial charge in [0.2, 0.25) is 0 Å². The molecule has 1 aromatic rings. The van der Waals surface area contributed by atoms with Crippen molar-refractivity contribution in [3.05, 3.63) is 35.9 Å². The number of piperidine rings is 1. The molecule has 0 radical (unpaired) electrons. The van der Waals surface area contributed by atoms with E-state index in [9.17, 15) is 14.0 Å². The van der Waals surface area contributed by atoms with Crippen LogP contribution in [0.3, 0.4) is 0 Å². The number of hydrogen-bond acceptors (Lipinski definition) is 3. The van der Waals surface area contributed by atoms with Crippen LogP contribution in [0.25, 0.3) is 0 Å². The number of rotatable bonds is 3. The fourth-order valence-corrected chi connectivity index (χ4v) is 2.21. The molecule has 1 fully saturated rings. The Hall–Kier alpha value is -1.91. The molecule has 0 spiro atoms. The number of ether oxygens (including phenoxy) is 1. The van der Waals surface area contributed by atoms with Crippen LogP contribution in [0.1, 0.15) is 25.3 Å². The molecule has 1 heterocycles. The fourth-order valence-electron chi connectivity index (χ4n) is 2.21. The van der Waals surface area contributed by atoms with Crippen LogP contribution in [0.5, 0.6) is 0 Å². The third-order valence-electron chi connectivity index (χ3n) is 3.65. The van der Waals surface area contributed by atoms with Crippen molar-refractivity contribution < 1.29 is 18.7 Å². The van der Waals surface area contributed by atoms with Crippen molar-refractivity contribution >= 4 is 11.9 Å². The number of carbonyl (C=O) groups excluding carboxylic acids is 2. The Labute approximate surface area is 117 Å². The number of likely N-dealkylation sites (tertiary alicyclic amines) is 1. The van der Waals surface area contributed by atoms with Gasteiger partial charge >= 0.3 is 6.09 Å². The van der Waals surface area contributed by atoms with Crippen molar-refractivity contribution in [2.24, 2.45) is 0 Å². The number of ketones is 1. The van der Waals surface area contributed by atoms with Crippen LogP contribution in [-0.4, -0.2) is 35.5 Å². The molecule has 5 heteroatoms. The molecule has 0 unspecified atom stereocenters. The Morgan fingerprint density at radius 3 is 2.40 bits per heavy atom. The third kappa shape index (κ3) is 3.35. The second-order valence-corrected chi connectivity index (χ2v) is 5.05. The lowest BCUT2D eigenvalue weighted by atomic mass is 9.90. The maximum Gasteiger partial charge on any atom is 0.410 e. The molecule has 1 saturated heterocycles. The van der Waals surface area contributed by atoms with Crippen molar-refractivity contribution in [3.63, 3.8) is 0 Å². The van der Waals surface area contributed by atoms with Crippen LogP contribution < -0.4 is 0 Å². The number of alkyl halides is 1. The lowest BCUT2D eigenvalue weighted by molar-refractivity contribution is -0.131. The van der Waals surface area contributed by atoms with Crippen LogP contribution in [0.15, 0.2) is 30.3 Å². The predicted molar refractivity (Wildman–Crippen MR) is 72.0 cm³/mol. The first-order valence-electron chi connectivity index (χ1n) is 6.67. The molecule has 0 bridgehead atoms. The fraction of sp³-hybridized carbons (Fsp3) is 0.467. The van der Waals surface area contributed by atoms with E-state index in [0.717, 1.165) is 5.56 Å². The van der Waals surface area contributed by atoms with Crippen LogP contribution in [0.4, 0.5) is 9.18 Å². The smallest absolute Gasteiger partial charge is 0.410 e. The first kappa shape index (κ1) is 14.5. The minimum Gasteiger partial charge on any atom is -0.445 e. The van der Waals surface area contributed by atoms with Gasteiger partial charge in [0, 0.05) is 25.9 Å². The minimum atomic E-state index is -1.78. The first-order valence-corrected chi connectivity index (χ1v) is 6.67. The Kier molecular flexibility index (Phi) is 4.37. The summed E-state index contributed by atoms with van der Waals surface area (Å²) >= 11 is 0. The minimum absolute atomic E-state index is 0.0444. The summed E-state index contributed by atoms with van der Waals surface area (Å²) in [6, 6.07) is 9.36. The zero-order chi connectivity index (χ0) is 14.6. The molecule has 0 saturated carbocycles. The highest BCUT2D eigenvalue weighted by molar-refractivity contribution is 5.85. The largest absolute Gasteiger partial charge is 0.445 e. The maximum atomic E-state index is 14.1. The van der Waals surface area contributed by atoms with Gasteiger partial charge in [0.25, 0.3) is 0 Å². The van der Waals surface area contributed by atoms with Gasteiger partial charge in [-0.05, 0) is 12.5 Å². The third-order valence-corrected chi connectivity index (χ3v) is 3.65. The number of amides is 1. The van der Waals surface area contributed by atoms with Gasteiger partial charge in [-0.3, -0.25) is 4.79 Å². The van der Waals surface area contributed by atoms with E-state index >= 15 is 0 Å². The summed E-state index contributed by atoms with van der Waals surface area (Å²) in [6.45, 7) is 1.88. The van der Waals surface area contributed by atoms with Crippen molar-refractivity contribution in [2.45, 2.75) is 32.0 Å². The van der Waals surface area contributed by atoms with Crippen LogP contribution in [-0.2, 0) is 16.1 Å². The Morgan fingerprint density at radius 2 is 1.85 bits per heavy atom. The molecule has 0 N–H and O–H groups in total. The molecule has 1 aliphatic heterocycles. The van der Waals surface area contributed by atoms with Crippen LogP contribution in [0.2, 0.25) is 0 Å². The van der Waals surface area contributed by atoms with Gasteiger partial charge in [-0.2, -0.15) is 0 Å². The predicted octanol–water partition coefficient (Wildman–Crippen LogP) is 2.72. The van der Waals surface area contributed by atoms with Crippen LogP contribution >= 0.6 is 0 Å². The van der Waals surface area contributed by atoms with E-state index in [1.54, 1.807) is 0 Å². The second kappa shape index (κ2) is 6.03. The standard InChI is InChI=1S/C15H18FNO3/c1-12(18)15(16)7-9-17(10-8-15)14(19)20-11-13-5-3-2-4-6-13/h2-6H,7-11H2,1H3. The molecule has 0 aromatic heterocycles. The molecule has 0 aliphatic carbocycles. The summed E-state index contributed by atoms with van der Waals surface area (Å²) in [6.07, 6.45) is -0.370. The summed E-state index contributed by atoms with van der Waals surface area (Å²) < 4.78 is 19.2. The molecule has 108 valence electrons. The van der Waals surface area contributed by atoms with Crippen LogP contribution in [0, 0.1) is 0 Å². The van der Waals surface area contributed by atoms with E-state index in [4.69, 9.17) is 4.74 Å². The lowest BCUT2D eigenvalue weighted by Gasteiger charge is -2.34. The van der Waals surface area contributed by atoms with Gasteiger partial charge in [0.1, 0.15) is 6.61 Å². The van der Waals surface area contributed by atoms with Crippen molar-refractivity contribution in [1.82, 2.24) is 4.90 Å². The van der Waals surface area contributed by atoms with E-state index in [1.165, 1.54) is 11.8 Å². The van der Waals surface area contributed by atoms with Crippen molar-refractivity contribution in [3.8, 4) is 0 Å². The normalized spacial score (nSPS) is 17.6. The molecule has 2 rings (SSSR count). The van der Waals surface area contributed by atoms with Gasteiger partial charge in [-0.25, -0.2) is 9.18 Å². The lowest BCUT2D eigenvalue weighted by Crippen LogP contribution is -2.47. The summed E-state index contributed by atoms with van der Waals surface area (Å²) in [7, 11) is 0. The number of carbonyl (C=O) groups is 2. The molecule has 0 atom stereocenters. The highest BCUT2D eigenvalue weighted by atomic mass is 19.1. The molecule has 1 aromatic carbocycles. The average molecular weight is 279 g/mol. The Balaban J connectivity index is 1.82. The monoisotopic (exact) mass is 279 g/mol. The summed E-state index contributed by atoms with van der Waals surface area (Å²) in [5.74, 6) is -0.463. The number of Topliss-reactive ketones (excluding diaryl/α,β-unsaturated/α-hetero) is 1. The molecular formula is C15H18FNO3. The maximum absolute atomic E-state index is 14.1. The van der Waals surface area contributed by atoms with Crippen molar-refractivity contribution in [2.75, 3.05) is 13.1 Å². The van der Waals surface area contributed by atoms with Crippen molar-refractivity contribution in [1.29, 1.82) is 0 Å². The van der Waals surface area contributed by atoms with E-state index in [2.05, 4.69) is 0 Å².